The SMILES string of the molecule is CCc1ncsc1N=C=O. The van der Waals surface area contributed by atoms with Crippen molar-refractivity contribution in [2.75, 3.05) is 0 Å². The number of carbonyl (C=O) groups excluding carboxylic acids is 1. The molecule has 0 spiro atoms. The smallest absolute Gasteiger partial charge is 0.241 e. The number of aromatic nitrogens is 1. The molecule has 0 bridgehead atoms. The predicted molar refractivity (Wildman–Crippen MR) is 39.3 cm³/mol. The van der Waals surface area contributed by atoms with Gasteiger partial charge in [0.1, 0.15) is 0 Å². The van der Waals surface area contributed by atoms with Crippen LogP contribution in [0.25, 0.3) is 0 Å². The minimum atomic E-state index is 0.678. The topological polar surface area (TPSA) is 42.3 Å². The van der Waals surface area contributed by atoms with E-state index in [2.05, 4.69) is 9.98 Å². The van der Waals surface area contributed by atoms with E-state index < -0.39 is 0 Å². The molecule has 1 rings (SSSR count). The van der Waals surface area contributed by atoms with Gasteiger partial charge in [-0.2, -0.15) is 4.99 Å². The number of hydrogen-bond donors (Lipinski definition) is 0. The van der Waals surface area contributed by atoms with Crippen LogP contribution in [-0.2, 0) is 11.2 Å². The van der Waals surface area contributed by atoms with Crippen LogP contribution in [0.4, 0.5) is 5.00 Å². The van der Waals surface area contributed by atoms with Crippen molar-refractivity contribution in [1.29, 1.82) is 0 Å². The summed E-state index contributed by atoms with van der Waals surface area (Å²) < 4.78 is 0. The summed E-state index contributed by atoms with van der Waals surface area (Å²) >= 11 is 1.36. The monoisotopic (exact) mass is 154 g/mol. The highest BCUT2D eigenvalue weighted by molar-refractivity contribution is 7.13. The zero-order valence-electron chi connectivity index (χ0n) is 5.50. The van der Waals surface area contributed by atoms with Crippen molar-refractivity contribution < 1.29 is 4.79 Å². The lowest BCUT2D eigenvalue weighted by Crippen LogP contribution is -1.76. The zero-order valence-corrected chi connectivity index (χ0v) is 6.31. The lowest BCUT2D eigenvalue weighted by molar-refractivity contribution is 0.565. The Morgan fingerprint density at radius 3 is 3.30 bits per heavy atom. The Bertz CT molecular complexity index is 262. The standard InChI is InChI=1S/C6H6N2OS/c1-2-5-6(7-3-9)10-4-8-5/h4H,2H2,1H3. The van der Waals surface area contributed by atoms with Crippen LogP contribution < -0.4 is 0 Å². The number of isocyanates is 1. The van der Waals surface area contributed by atoms with Gasteiger partial charge >= 0.3 is 0 Å². The Morgan fingerprint density at radius 2 is 2.70 bits per heavy atom. The number of rotatable bonds is 2. The van der Waals surface area contributed by atoms with Gasteiger partial charge in [-0.05, 0) is 6.42 Å². The van der Waals surface area contributed by atoms with E-state index in [1.807, 2.05) is 6.92 Å². The van der Waals surface area contributed by atoms with E-state index in [0.717, 1.165) is 12.1 Å². The third-order valence-corrected chi connectivity index (χ3v) is 1.86. The van der Waals surface area contributed by atoms with Gasteiger partial charge in [0.15, 0.2) is 5.00 Å². The molecule has 3 nitrogen and oxygen atoms in total. The lowest BCUT2D eigenvalue weighted by Gasteiger charge is -1.85. The number of thiazole rings is 1. The summed E-state index contributed by atoms with van der Waals surface area (Å²) in [5, 5.41) is 0.678. The quantitative estimate of drug-likeness (QED) is 0.480. The van der Waals surface area contributed by atoms with Crippen LogP contribution in [0.3, 0.4) is 0 Å². The van der Waals surface area contributed by atoms with Gasteiger partial charge in [0.25, 0.3) is 0 Å². The second-order valence-corrected chi connectivity index (χ2v) is 2.49. The van der Waals surface area contributed by atoms with E-state index >= 15 is 0 Å². The van der Waals surface area contributed by atoms with Gasteiger partial charge in [-0.3, -0.25) is 0 Å². The molecule has 0 radical (unpaired) electrons. The van der Waals surface area contributed by atoms with Crippen molar-refractivity contribution in [3.63, 3.8) is 0 Å². The molecular weight excluding hydrogens is 148 g/mol. The maximum atomic E-state index is 9.83. The average Bonchev–Trinajstić information content (AvgIpc) is 2.36. The van der Waals surface area contributed by atoms with Crippen LogP contribution in [0, 0.1) is 0 Å². The summed E-state index contributed by atoms with van der Waals surface area (Å²) in [6.45, 7) is 1.97. The molecule has 0 fully saturated rings. The molecule has 0 aliphatic heterocycles. The van der Waals surface area contributed by atoms with E-state index in [1.165, 1.54) is 17.4 Å². The van der Waals surface area contributed by atoms with E-state index in [9.17, 15) is 4.79 Å². The van der Waals surface area contributed by atoms with Gasteiger partial charge in [0.05, 0.1) is 11.2 Å². The molecule has 0 aromatic carbocycles. The molecule has 1 heterocycles. The largest absolute Gasteiger partial charge is 0.247 e. The van der Waals surface area contributed by atoms with Crippen molar-refractivity contribution >= 4 is 22.4 Å². The van der Waals surface area contributed by atoms with Crippen LogP contribution in [0.2, 0.25) is 0 Å². The molecule has 4 heteroatoms. The first-order valence-corrected chi connectivity index (χ1v) is 3.76. The first-order chi connectivity index (χ1) is 4.88. The lowest BCUT2D eigenvalue weighted by atomic mass is 10.4. The van der Waals surface area contributed by atoms with Crippen molar-refractivity contribution in [3.8, 4) is 0 Å². The summed E-state index contributed by atoms with van der Waals surface area (Å²) in [5.41, 5.74) is 2.54. The third-order valence-electron chi connectivity index (χ3n) is 1.10. The van der Waals surface area contributed by atoms with Gasteiger partial charge < -0.3 is 0 Å². The molecule has 0 saturated heterocycles. The maximum absolute atomic E-state index is 9.83. The van der Waals surface area contributed by atoms with Crippen molar-refractivity contribution in [2.45, 2.75) is 13.3 Å². The molecule has 0 unspecified atom stereocenters. The van der Waals surface area contributed by atoms with Crippen LogP contribution in [0.5, 0.6) is 0 Å². The van der Waals surface area contributed by atoms with Gasteiger partial charge in [0, 0.05) is 0 Å². The Morgan fingerprint density at radius 1 is 1.90 bits per heavy atom. The summed E-state index contributed by atoms with van der Waals surface area (Å²) in [4.78, 5) is 17.3. The second kappa shape index (κ2) is 3.25. The first kappa shape index (κ1) is 7.12. The minimum Gasteiger partial charge on any atom is -0.247 e. The fraction of sp³-hybridized carbons (Fsp3) is 0.333. The highest BCUT2D eigenvalue weighted by atomic mass is 32.1. The third kappa shape index (κ3) is 1.29. The minimum absolute atomic E-state index is 0.678. The summed E-state index contributed by atoms with van der Waals surface area (Å²) in [7, 11) is 0. The zero-order chi connectivity index (χ0) is 7.40. The van der Waals surface area contributed by atoms with Crippen LogP contribution in [0.15, 0.2) is 10.5 Å². The average molecular weight is 154 g/mol. The fourth-order valence-electron chi connectivity index (χ4n) is 0.638. The summed E-state index contributed by atoms with van der Waals surface area (Å²) in [6.07, 6.45) is 2.30. The van der Waals surface area contributed by atoms with Gasteiger partial charge in [-0.1, -0.05) is 6.92 Å². The molecule has 52 valence electrons. The highest BCUT2D eigenvalue weighted by Gasteiger charge is 2.00. The van der Waals surface area contributed by atoms with E-state index in [-0.39, 0.29) is 0 Å². The molecule has 10 heavy (non-hydrogen) atoms. The van der Waals surface area contributed by atoms with E-state index in [0.29, 0.717) is 5.00 Å². The molecule has 0 atom stereocenters. The number of nitrogens with zero attached hydrogens (tertiary/aromatic N) is 2. The Hall–Kier alpha value is -0.990. The second-order valence-electron chi connectivity index (χ2n) is 1.66. The predicted octanol–water partition coefficient (Wildman–Crippen LogP) is 1.67. The van der Waals surface area contributed by atoms with Crippen LogP contribution >= 0.6 is 11.3 Å². The van der Waals surface area contributed by atoms with Gasteiger partial charge in [-0.25, -0.2) is 9.78 Å². The van der Waals surface area contributed by atoms with Crippen LogP contribution in [-0.4, -0.2) is 11.1 Å². The molecule has 1 aromatic rings. The molecule has 0 aliphatic rings. The Labute approximate surface area is 62.4 Å². The van der Waals surface area contributed by atoms with Gasteiger partial charge in [0.2, 0.25) is 6.08 Å². The molecular formula is C6H6N2OS. The van der Waals surface area contributed by atoms with E-state index in [1.54, 1.807) is 5.51 Å². The van der Waals surface area contributed by atoms with Crippen molar-refractivity contribution in [2.24, 2.45) is 4.99 Å². The molecule has 1 aromatic heterocycles. The van der Waals surface area contributed by atoms with Crippen molar-refractivity contribution in [1.82, 2.24) is 4.98 Å². The summed E-state index contributed by atoms with van der Waals surface area (Å²) in [5.74, 6) is 0. The van der Waals surface area contributed by atoms with Crippen LogP contribution in [0.1, 0.15) is 12.6 Å². The number of aliphatic imine (C=N–C) groups is 1. The maximum Gasteiger partial charge on any atom is 0.241 e. The van der Waals surface area contributed by atoms with Gasteiger partial charge in [-0.15, -0.1) is 11.3 Å². The van der Waals surface area contributed by atoms with E-state index in [4.69, 9.17) is 0 Å². The summed E-state index contributed by atoms with van der Waals surface area (Å²) in [6, 6.07) is 0. The first-order valence-electron chi connectivity index (χ1n) is 2.88. The van der Waals surface area contributed by atoms with Crippen molar-refractivity contribution in [3.05, 3.63) is 11.2 Å². The normalized spacial score (nSPS) is 8.90. The molecule has 0 amide bonds. The Balaban J connectivity index is 3.00. The number of hydrogen-bond acceptors (Lipinski definition) is 4. The molecule has 0 N–H and O–H groups in total. The molecule has 0 aliphatic carbocycles. The highest BCUT2D eigenvalue weighted by Crippen LogP contribution is 2.22. The molecule has 0 saturated carbocycles. The fourth-order valence-corrected chi connectivity index (χ4v) is 1.34. The Kier molecular flexibility index (Phi) is 2.31. The number of aryl methyl sites for hydroxylation is 1.